The molecular formula is C13H11ClN4S. The van der Waals surface area contributed by atoms with Crippen LogP contribution in [-0.4, -0.2) is 21.5 Å². The lowest BCUT2D eigenvalue weighted by molar-refractivity contribution is 1.15. The molecule has 3 aromatic rings. The van der Waals surface area contributed by atoms with Crippen LogP contribution in [0.4, 0.5) is 5.82 Å². The van der Waals surface area contributed by atoms with Gasteiger partial charge in [-0.25, -0.2) is 9.97 Å². The molecule has 0 fully saturated rings. The minimum absolute atomic E-state index is 0.670. The highest BCUT2D eigenvalue weighted by molar-refractivity contribution is 7.13. The molecule has 96 valence electrons. The monoisotopic (exact) mass is 290 g/mol. The first kappa shape index (κ1) is 12.3. The fraction of sp³-hybridized carbons (Fsp3) is 0.154. The summed E-state index contributed by atoms with van der Waals surface area (Å²) in [6, 6.07) is 5.64. The van der Waals surface area contributed by atoms with Gasteiger partial charge < -0.3 is 5.32 Å². The number of thiazole rings is 1. The van der Waals surface area contributed by atoms with Crippen LogP contribution in [0.5, 0.6) is 0 Å². The Morgan fingerprint density at radius 1 is 1.32 bits per heavy atom. The number of nitrogens with zero attached hydrogens (tertiary/aromatic N) is 3. The Hall–Kier alpha value is -1.72. The van der Waals surface area contributed by atoms with Crippen molar-refractivity contribution in [3.8, 4) is 10.7 Å². The summed E-state index contributed by atoms with van der Waals surface area (Å²) in [6.07, 6.45) is 1.77. The molecule has 6 heteroatoms. The van der Waals surface area contributed by atoms with Crippen molar-refractivity contribution in [1.29, 1.82) is 0 Å². The minimum atomic E-state index is 0.670. The fourth-order valence-corrected chi connectivity index (χ4v) is 2.56. The SMILES string of the molecule is CCNc1nc(-c2cncs2)nc2cc(Cl)ccc12. The second kappa shape index (κ2) is 5.11. The number of halogens is 1. The van der Waals surface area contributed by atoms with Crippen molar-refractivity contribution in [2.75, 3.05) is 11.9 Å². The number of hydrogen-bond donors (Lipinski definition) is 1. The molecule has 0 unspecified atom stereocenters. The summed E-state index contributed by atoms with van der Waals surface area (Å²) in [6.45, 7) is 2.84. The third-order valence-electron chi connectivity index (χ3n) is 2.66. The first-order valence-electron chi connectivity index (χ1n) is 5.88. The molecule has 0 aliphatic heterocycles. The number of anilines is 1. The van der Waals surface area contributed by atoms with Gasteiger partial charge in [0.1, 0.15) is 5.82 Å². The summed E-state index contributed by atoms with van der Waals surface area (Å²) in [5.74, 6) is 1.50. The van der Waals surface area contributed by atoms with E-state index in [-0.39, 0.29) is 0 Å². The van der Waals surface area contributed by atoms with Crippen molar-refractivity contribution >= 4 is 39.7 Å². The van der Waals surface area contributed by atoms with Crippen LogP contribution in [0.3, 0.4) is 0 Å². The molecule has 0 radical (unpaired) electrons. The number of rotatable bonds is 3. The molecule has 0 atom stereocenters. The van der Waals surface area contributed by atoms with Crippen molar-refractivity contribution in [1.82, 2.24) is 15.0 Å². The average Bonchev–Trinajstić information content (AvgIpc) is 2.92. The van der Waals surface area contributed by atoms with Crippen molar-refractivity contribution in [3.05, 3.63) is 34.9 Å². The van der Waals surface area contributed by atoms with Crippen LogP contribution in [0.15, 0.2) is 29.9 Å². The van der Waals surface area contributed by atoms with E-state index in [0.717, 1.165) is 28.1 Å². The predicted octanol–water partition coefficient (Wildman–Crippen LogP) is 3.84. The molecule has 1 N–H and O–H groups in total. The summed E-state index contributed by atoms with van der Waals surface area (Å²) >= 11 is 7.55. The molecule has 0 saturated carbocycles. The van der Waals surface area contributed by atoms with Gasteiger partial charge in [-0.15, -0.1) is 11.3 Å². The number of hydrogen-bond acceptors (Lipinski definition) is 5. The van der Waals surface area contributed by atoms with Crippen LogP contribution in [-0.2, 0) is 0 Å². The van der Waals surface area contributed by atoms with Gasteiger partial charge in [-0.05, 0) is 25.1 Å². The zero-order valence-electron chi connectivity index (χ0n) is 10.2. The topological polar surface area (TPSA) is 50.7 Å². The van der Waals surface area contributed by atoms with Gasteiger partial charge in [-0.2, -0.15) is 0 Å². The summed E-state index contributed by atoms with van der Waals surface area (Å²) in [7, 11) is 0. The lowest BCUT2D eigenvalue weighted by Gasteiger charge is -2.08. The molecule has 1 aromatic carbocycles. The Morgan fingerprint density at radius 2 is 2.21 bits per heavy atom. The molecule has 0 spiro atoms. The van der Waals surface area contributed by atoms with Gasteiger partial charge in [0.25, 0.3) is 0 Å². The van der Waals surface area contributed by atoms with E-state index < -0.39 is 0 Å². The number of aromatic nitrogens is 3. The van der Waals surface area contributed by atoms with Crippen LogP contribution < -0.4 is 5.32 Å². The molecule has 2 heterocycles. The highest BCUT2D eigenvalue weighted by atomic mass is 35.5. The van der Waals surface area contributed by atoms with E-state index in [9.17, 15) is 0 Å². The van der Waals surface area contributed by atoms with Crippen molar-refractivity contribution in [2.24, 2.45) is 0 Å². The standard InChI is InChI=1S/C13H11ClN4S/c1-2-16-12-9-4-3-8(14)5-10(9)17-13(18-12)11-6-15-7-19-11/h3-7H,2H2,1H3,(H,16,17,18). The van der Waals surface area contributed by atoms with Crippen LogP contribution in [0, 0.1) is 0 Å². The van der Waals surface area contributed by atoms with E-state index in [1.807, 2.05) is 25.1 Å². The Bertz CT molecular complexity index is 712. The van der Waals surface area contributed by atoms with Gasteiger partial charge >= 0.3 is 0 Å². The molecule has 0 saturated heterocycles. The quantitative estimate of drug-likeness (QED) is 0.796. The largest absolute Gasteiger partial charge is 0.370 e. The van der Waals surface area contributed by atoms with E-state index in [1.165, 1.54) is 11.3 Å². The first-order valence-corrected chi connectivity index (χ1v) is 7.13. The number of fused-ring (bicyclic) bond motifs is 1. The predicted molar refractivity (Wildman–Crippen MR) is 79.8 cm³/mol. The molecule has 0 aliphatic carbocycles. The Kier molecular flexibility index (Phi) is 3.31. The normalized spacial score (nSPS) is 10.8. The second-order valence-corrected chi connectivity index (χ2v) is 5.28. The zero-order valence-corrected chi connectivity index (χ0v) is 11.8. The van der Waals surface area contributed by atoms with Crippen molar-refractivity contribution in [3.63, 3.8) is 0 Å². The van der Waals surface area contributed by atoms with Gasteiger partial charge in [-0.3, -0.25) is 4.98 Å². The summed E-state index contributed by atoms with van der Waals surface area (Å²) in [4.78, 5) is 14.1. The first-order chi connectivity index (χ1) is 9.28. The molecule has 0 amide bonds. The van der Waals surface area contributed by atoms with Crippen molar-refractivity contribution in [2.45, 2.75) is 6.92 Å². The lowest BCUT2D eigenvalue weighted by atomic mass is 10.2. The highest BCUT2D eigenvalue weighted by Crippen LogP contribution is 2.28. The molecule has 4 nitrogen and oxygen atoms in total. The van der Waals surface area contributed by atoms with E-state index in [1.54, 1.807) is 11.7 Å². The van der Waals surface area contributed by atoms with Crippen LogP contribution >= 0.6 is 22.9 Å². The van der Waals surface area contributed by atoms with Crippen LogP contribution in [0.25, 0.3) is 21.6 Å². The smallest absolute Gasteiger partial charge is 0.173 e. The van der Waals surface area contributed by atoms with Crippen LogP contribution in [0.2, 0.25) is 5.02 Å². The maximum Gasteiger partial charge on any atom is 0.173 e. The maximum atomic E-state index is 6.03. The Morgan fingerprint density at radius 3 is 2.95 bits per heavy atom. The van der Waals surface area contributed by atoms with Crippen molar-refractivity contribution < 1.29 is 0 Å². The number of nitrogens with one attached hydrogen (secondary N) is 1. The molecule has 2 aromatic heterocycles. The Labute approximate surface area is 119 Å². The molecule has 0 bridgehead atoms. The van der Waals surface area contributed by atoms with Gasteiger partial charge in [0.2, 0.25) is 0 Å². The third-order valence-corrected chi connectivity index (χ3v) is 3.66. The minimum Gasteiger partial charge on any atom is -0.370 e. The fourth-order valence-electron chi connectivity index (χ4n) is 1.84. The summed E-state index contributed by atoms with van der Waals surface area (Å²) in [5, 5.41) is 4.90. The lowest BCUT2D eigenvalue weighted by Crippen LogP contribution is -2.02. The van der Waals surface area contributed by atoms with E-state index >= 15 is 0 Å². The molecular weight excluding hydrogens is 280 g/mol. The van der Waals surface area contributed by atoms with Gasteiger partial charge in [0.15, 0.2) is 5.82 Å². The van der Waals surface area contributed by atoms with Gasteiger partial charge in [-0.1, -0.05) is 11.6 Å². The van der Waals surface area contributed by atoms with E-state index in [0.29, 0.717) is 10.8 Å². The summed E-state index contributed by atoms with van der Waals surface area (Å²) in [5.41, 5.74) is 2.61. The summed E-state index contributed by atoms with van der Waals surface area (Å²) < 4.78 is 0. The average molecular weight is 291 g/mol. The molecule has 3 rings (SSSR count). The zero-order chi connectivity index (χ0) is 13.2. The van der Waals surface area contributed by atoms with Crippen LogP contribution in [0.1, 0.15) is 6.92 Å². The highest BCUT2D eigenvalue weighted by Gasteiger charge is 2.10. The number of benzene rings is 1. The van der Waals surface area contributed by atoms with Gasteiger partial charge in [0.05, 0.1) is 15.9 Å². The van der Waals surface area contributed by atoms with E-state index in [4.69, 9.17) is 11.6 Å². The molecule has 0 aliphatic rings. The maximum absolute atomic E-state index is 6.03. The Balaban J connectivity index is 2.25. The van der Waals surface area contributed by atoms with E-state index in [2.05, 4.69) is 20.3 Å². The molecule has 19 heavy (non-hydrogen) atoms. The second-order valence-electron chi connectivity index (χ2n) is 3.95. The third kappa shape index (κ3) is 2.39. The van der Waals surface area contributed by atoms with Gasteiger partial charge in [0, 0.05) is 23.2 Å².